The minimum absolute atomic E-state index is 0. The average molecular weight is 392 g/mol. The van der Waals surface area contributed by atoms with Crippen molar-refractivity contribution in [2.75, 3.05) is 0 Å². The van der Waals surface area contributed by atoms with Crippen LogP contribution in [0.5, 0.6) is 0 Å². The smallest absolute Gasteiger partial charge is 1.00 e. The van der Waals surface area contributed by atoms with Crippen LogP contribution in [0, 0.1) is 0 Å². The summed E-state index contributed by atoms with van der Waals surface area (Å²) in [4.78, 5) is 9.34. The van der Waals surface area contributed by atoms with Gasteiger partial charge in [-0.25, -0.2) is 0 Å². The number of aliphatic hydroxyl groups is 1. The predicted molar refractivity (Wildman–Crippen MR) is 29.7 cm³/mol. The number of rotatable bonds is 1. The van der Waals surface area contributed by atoms with Crippen LogP contribution >= 0.6 is 0 Å². The van der Waals surface area contributed by atoms with Gasteiger partial charge >= 0.3 is 148 Å². The SMILES string of the molecule is CC(O)C(=O)[O-].O.O.[Ca+2].[Cl-].[Cl-].[Cl-].[Cl-].[K+].[Na+].[Na+]. The Labute approximate surface area is 237 Å². The van der Waals surface area contributed by atoms with Crippen molar-refractivity contribution < 1.29 is 186 Å². The van der Waals surface area contributed by atoms with Crippen molar-refractivity contribution in [1.82, 2.24) is 0 Å². The molecule has 0 aromatic heterocycles. The summed E-state index contributed by atoms with van der Waals surface area (Å²) in [7, 11) is 0. The van der Waals surface area contributed by atoms with Gasteiger partial charge in [-0.05, 0) is 6.92 Å². The minimum Gasteiger partial charge on any atom is -1.00 e. The standard InChI is InChI=1S/C3H6O3.Ca.4ClH.K.2Na.2H2O/c1-2(4)3(5)6;;;;;;;;;;/h2,4H,1H3,(H,5,6);;4*1H;;;;2*1H2/q;+2;;;;;3*+1;;/p-5. The molecule has 0 aliphatic heterocycles. The molecule has 0 fully saturated rings. The van der Waals surface area contributed by atoms with E-state index in [1.54, 1.807) is 0 Å². The van der Waals surface area contributed by atoms with Crippen LogP contribution in [0.25, 0.3) is 0 Å². The predicted octanol–water partition coefficient (Wildman–Crippen LogP) is -24.9. The molecular formula is C3H9CaCl4KNa2O5. The molecule has 0 saturated heterocycles. The number of halogens is 4. The normalized spacial score (nSPS) is 5.12. The van der Waals surface area contributed by atoms with Gasteiger partial charge < -0.3 is 75.6 Å². The summed E-state index contributed by atoms with van der Waals surface area (Å²) in [5, 5.41) is 17.3. The van der Waals surface area contributed by atoms with Gasteiger partial charge in [0.15, 0.2) is 0 Å². The third-order valence-electron chi connectivity index (χ3n) is 0.341. The van der Waals surface area contributed by atoms with E-state index >= 15 is 0 Å². The summed E-state index contributed by atoms with van der Waals surface area (Å²) < 4.78 is 0. The fraction of sp³-hybridized carbons (Fsp3) is 0.667. The number of aliphatic hydroxyl groups excluding tert-OH is 1. The van der Waals surface area contributed by atoms with Crippen molar-refractivity contribution in [3.8, 4) is 0 Å². The number of hydrogen-bond acceptors (Lipinski definition) is 3. The molecule has 0 rings (SSSR count). The Morgan fingerprint density at radius 2 is 1.12 bits per heavy atom. The number of carbonyl (C=O) groups is 1. The fourth-order valence-corrected chi connectivity index (χ4v) is 0. The zero-order valence-corrected chi connectivity index (χ0v) is 21.9. The molecule has 0 spiro atoms. The molecule has 5 nitrogen and oxygen atoms in total. The summed E-state index contributed by atoms with van der Waals surface area (Å²) >= 11 is 0. The first kappa shape index (κ1) is 82.3. The number of carbonyl (C=O) groups excluding carboxylic acids is 1. The van der Waals surface area contributed by atoms with E-state index in [-0.39, 0.29) is 209 Å². The summed E-state index contributed by atoms with van der Waals surface area (Å²) in [5.74, 6) is -1.44. The monoisotopic (exact) mass is 390 g/mol. The second kappa shape index (κ2) is 59.1. The zero-order valence-electron chi connectivity index (χ0n) is 9.56. The van der Waals surface area contributed by atoms with Crippen LogP contribution < -0.4 is 165 Å². The van der Waals surface area contributed by atoms with Gasteiger partial charge in [-0.2, -0.15) is 0 Å². The Morgan fingerprint density at radius 3 is 1.12 bits per heavy atom. The van der Waals surface area contributed by atoms with Gasteiger partial charge in [0.2, 0.25) is 0 Å². The Kier molecular flexibility index (Phi) is 304. The van der Waals surface area contributed by atoms with E-state index in [2.05, 4.69) is 0 Å². The van der Waals surface area contributed by atoms with Gasteiger partial charge in [-0.1, -0.05) is 0 Å². The maximum absolute atomic E-state index is 9.34. The molecule has 16 heavy (non-hydrogen) atoms. The van der Waals surface area contributed by atoms with E-state index in [1.807, 2.05) is 0 Å². The average Bonchev–Trinajstić information content (AvgIpc) is 1.36. The quantitative estimate of drug-likeness (QED) is 0.446. The van der Waals surface area contributed by atoms with Crippen molar-refractivity contribution >= 4 is 43.7 Å². The summed E-state index contributed by atoms with van der Waals surface area (Å²) in [6, 6.07) is 0. The number of carboxylic acid groups (broad SMARTS) is 1. The maximum atomic E-state index is 9.34. The second-order valence-electron chi connectivity index (χ2n) is 0.995. The Balaban J connectivity index is -0.00000000278. The first-order valence-electron chi connectivity index (χ1n) is 1.53. The molecule has 0 aromatic rings. The minimum atomic E-state index is -1.44. The van der Waals surface area contributed by atoms with Crippen LogP contribution in [0.2, 0.25) is 0 Å². The topological polar surface area (TPSA) is 123 Å². The molecule has 0 aromatic carbocycles. The zero-order chi connectivity index (χ0) is 5.15. The third-order valence-corrected chi connectivity index (χ3v) is 0.341. The van der Waals surface area contributed by atoms with E-state index in [1.165, 1.54) is 0 Å². The van der Waals surface area contributed by atoms with Crippen molar-refractivity contribution in [3.63, 3.8) is 0 Å². The van der Waals surface area contributed by atoms with E-state index in [0.29, 0.717) is 0 Å². The summed E-state index contributed by atoms with van der Waals surface area (Å²) in [5.41, 5.74) is 0. The van der Waals surface area contributed by atoms with Crippen LogP contribution in [0.15, 0.2) is 0 Å². The molecule has 5 N–H and O–H groups in total. The van der Waals surface area contributed by atoms with Gasteiger partial charge in [0.25, 0.3) is 0 Å². The van der Waals surface area contributed by atoms with Gasteiger partial charge in [0.05, 0.1) is 12.1 Å². The molecule has 0 heterocycles. The molecule has 0 bridgehead atoms. The molecule has 0 amide bonds. The molecule has 13 heteroatoms. The number of aliphatic carboxylic acids is 1. The van der Waals surface area contributed by atoms with Crippen LogP contribution in [0.3, 0.4) is 0 Å². The molecule has 1 unspecified atom stereocenters. The first-order valence-corrected chi connectivity index (χ1v) is 1.53. The summed E-state index contributed by atoms with van der Waals surface area (Å²) in [6.07, 6.45) is -1.34. The fourth-order valence-electron chi connectivity index (χ4n) is 0. The van der Waals surface area contributed by atoms with Gasteiger partial charge in [0, 0.05) is 0 Å². The molecule has 0 aliphatic carbocycles. The van der Waals surface area contributed by atoms with Crippen LogP contribution in [0.4, 0.5) is 0 Å². The maximum Gasteiger partial charge on any atom is 2.00 e. The van der Waals surface area contributed by atoms with Gasteiger partial charge in [0.1, 0.15) is 0 Å². The van der Waals surface area contributed by atoms with Gasteiger partial charge in [-0.15, -0.1) is 0 Å². The molecule has 0 radical (unpaired) electrons. The van der Waals surface area contributed by atoms with Crippen molar-refractivity contribution in [2.24, 2.45) is 0 Å². The Bertz CT molecular complexity index is 88.7. The number of hydrogen-bond donors (Lipinski definition) is 1. The Morgan fingerprint density at radius 1 is 1.06 bits per heavy atom. The molecular weight excluding hydrogens is 383 g/mol. The van der Waals surface area contributed by atoms with E-state index in [4.69, 9.17) is 5.11 Å². The van der Waals surface area contributed by atoms with E-state index in [9.17, 15) is 9.90 Å². The van der Waals surface area contributed by atoms with Crippen molar-refractivity contribution in [2.45, 2.75) is 13.0 Å². The van der Waals surface area contributed by atoms with Crippen molar-refractivity contribution in [1.29, 1.82) is 0 Å². The Hall–Kier alpha value is 5.41. The molecule has 0 aliphatic rings. The van der Waals surface area contributed by atoms with Crippen LogP contribution in [-0.2, 0) is 4.79 Å². The third kappa shape index (κ3) is 74.3. The first-order chi connectivity index (χ1) is 2.64. The van der Waals surface area contributed by atoms with Gasteiger partial charge in [-0.3, -0.25) is 0 Å². The second-order valence-corrected chi connectivity index (χ2v) is 0.995. The molecule has 1 atom stereocenters. The summed E-state index contributed by atoms with van der Waals surface area (Å²) in [6.45, 7) is 1.13. The largest absolute Gasteiger partial charge is 2.00 e. The van der Waals surface area contributed by atoms with E-state index in [0.717, 1.165) is 6.92 Å². The van der Waals surface area contributed by atoms with Crippen LogP contribution in [0.1, 0.15) is 6.92 Å². The molecule has 84 valence electrons. The van der Waals surface area contributed by atoms with Crippen molar-refractivity contribution in [3.05, 3.63) is 0 Å². The molecule has 0 saturated carbocycles. The van der Waals surface area contributed by atoms with E-state index < -0.39 is 12.1 Å². The van der Waals surface area contributed by atoms with Crippen LogP contribution in [-0.4, -0.2) is 65.9 Å². The number of carboxylic acids is 1.